The molecule has 0 aromatic heterocycles. The van der Waals surface area contributed by atoms with Crippen molar-refractivity contribution in [1.82, 2.24) is 0 Å². The topological polar surface area (TPSA) is 29.3 Å². The Morgan fingerprint density at radius 3 is 2.60 bits per heavy atom. The average molecular weight is 272 g/mol. The van der Waals surface area contributed by atoms with Gasteiger partial charge >= 0.3 is 0 Å². The number of anilines is 1. The van der Waals surface area contributed by atoms with Crippen LogP contribution in [0, 0.1) is 5.82 Å². The van der Waals surface area contributed by atoms with Crippen molar-refractivity contribution < 1.29 is 4.39 Å². The molecule has 0 unspecified atom stereocenters. The van der Waals surface area contributed by atoms with Crippen LogP contribution in [0.15, 0.2) is 48.5 Å². The van der Waals surface area contributed by atoms with E-state index < -0.39 is 0 Å². The summed E-state index contributed by atoms with van der Waals surface area (Å²) in [6.45, 7) is 2.74. The van der Waals surface area contributed by atoms with Gasteiger partial charge in [0.05, 0.1) is 0 Å². The first kappa shape index (κ1) is 14.5. The van der Waals surface area contributed by atoms with Crippen LogP contribution >= 0.6 is 0 Å². The van der Waals surface area contributed by atoms with E-state index in [1.165, 1.54) is 6.07 Å². The first-order valence-corrected chi connectivity index (χ1v) is 6.92. The van der Waals surface area contributed by atoms with E-state index in [4.69, 9.17) is 5.73 Å². The van der Waals surface area contributed by atoms with E-state index in [0.717, 1.165) is 23.2 Å². The minimum atomic E-state index is -0.200. The fraction of sp³-hybridized carbons (Fsp3) is 0.294. The number of benzene rings is 2. The molecule has 0 fully saturated rings. The van der Waals surface area contributed by atoms with E-state index in [1.54, 1.807) is 12.1 Å². The van der Waals surface area contributed by atoms with Crippen LogP contribution in [-0.2, 0) is 6.54 Å². The van der Waals surface area contributed by atoms with Crippen LogP contribution in [-0.4, -0.2) is 7.05 Å². The molecule has 0 aliphatic rings. The molecule has 106 valence electrons. The molecule has 3 heteroatoms. The highest BCUT2D eigenvalue weighted by Crippen LogP contribution is 2.27. The number of nitrogens with zero attached hydrogens (tertiary/aromatic N) is 1. The molecular weight excluding hydrogens is 251 g/mol. The smallest absolute Gasteiger partial charge is 0.123 e. The minimum absolute atomic E-state index is 0.0289. The Balaban J connectivity index is 2.23. The quantitative estimate of drug-likeness (QED) is 0.895. The van der Waals surface area contributed by atoms with Crippen molar-refractivity contribution in [2.45, 2.75) is 25.9 Å². The van der Waals surface area contributed by atoms with E-state index in [2.05, 4.69) is 24.0 Å². The summed E-state index contributed by atoms with van der Waals surface area (Å²) in [5, 5.41) is 0. The summed E-state index contributed by atoms with van der Waals surface area (Å²) in [5.41, 5.74) is 9.35. The molecule has 0 radical (unpaired) electrons. The molecule has 0 aliphatic heterocycles. The van der Waals surface area contributed by atoms with Gasteiger partial charge in [0.1, 0.15) is 5.82 Å². The Hall–Kier alpha value is -1.87. The monoisotopic (exact) mass is 272 g/mol. The second kappa shape index (κ2) is 6.53. The summed E-state index contributed by atoms with van der Waals surface area (Å²) in [7, 11) is 2.01. The van der Waals surface area contributed by atoms with Crippen LogP contribution in [0.2, 0.25) is 0 Å². The zero-order chi connectivity index (χ0) is 14.5. The highest BCUT2D eigenvalue weighted by atomic mass is 19.1. The van der Waals surface area contributed by atoms with Gasteiger partial charge in [0.2, 0.25) is 0 Å². The van der Waals surface area contributed by atoms with Gasteiger partial charge in [-0.3, -0.25) is 0 Å². The summed E-state index contributed by atoms with van der Waals surface area (Å²) >= 11 is 0. The lowest BCUT2D eigenvalue weighted by Gasteiger charge is -2.25. The summed E-state index contributed by atoms with van der Waals surface area (Å²) in [4.78, 5) is 2.11. The molecule has 2 aromatic rings. The fourth-order valence-corrected chi connectivity index (χ4v) is 2.36. The molecule has 2 N–H and O–H groups in total. The Morgan fingerprint density at radius 2 is 1.90 bits per heavy atom. The predicted molar refractivity (Wildman–Crippen MR) is 82.2 cm³/mol. The van der Waals surface area contributed by atoms with Crippen molar-refractivity contribution in [3.05, 3.63) is 65.5 Å². The molecule has 0 aliphatic carbocycles. The van der Waals surface area contributed by atoms with Crippen LogP contribution in [0.1, 0.15) is 30.5 Å². The zero-order valence-electron chi connectivity index (χ0n) is 12.0. The van der Waals surface area contributed by atoms with Crippen molar-refractivity contribution in [3.63, 3.8) is 0 Å². The first-order valence-electron chi connectivity index (χ1n) is 6.92. The van der Waals surface area contributed by atoms with Gasteiger partial charge in [0.25, 0.3) is 0 Å². The number of halogens is 1. The maximum absolute atomic E-state index is 13.2. The Bertz CT molecular complexity index is 568. The summed E-state index contributed by atoms with van der Waals surface area (Å²) in [5.74, 6) is -0.200. The molecule has 0 heterocycles. The summed E-state index contributed by atoms with van der Waals surface area (Å²) < 4.78 is 13.2. The largest absolute Gasteiger partial charge is 0.370 e. The maximum atomic E-state index is 13.2. The molecule has 0 bridgehead atoms. The van der Waals surface area contributed by atoms with Gasteiger partial charge in [-0.1, -0.05) is 37.3 Å². The van der Waals surface area contributed by atoms with Crippen molar-refractivity contribution in [1.29, 1.82) is 0 Å². The van der Waals surface area contributed by atoms with Crippen LogP contribution < -0.4 is 10.6 Å². The summed E-state index contributed by atoms with van der Waals surface area (Å²) in [6.07, 6.45) is 0.894. The van der Waals surface area contributed by atoms with E-state index in [9.17, 15) is 4.39 Å². The highest BCUT2D eigenvalue weighted by Gasteiger charge is 2.12. The molecule has 0 saturated carbocycles. The lowest BCUT2D eigenvalue weighted by Crippen LogP contribution is -2.20. The molecule has 0 saturated heterocycles. The molecule has 20 heavy (non-hydrogen) atoms. The standard InChI is InChI=1S/C17H21FN2/c1-3-16(19)15-9-4-5-10-17(15)20(2)12-13-7-6-8-14(18)11-13/h4-11,16H,3,12,19H2,1-2H3/t16-/m1/s1. The molecule has 2 aromatic carbocycles. The van der Waals surface area contributed by atoms with E-state index in [-0.39, 0.29) is 11.9 Å². The fourth-order valence-electron chi connectivity index (χ4n) is 2.36. The number of nitrogens with two attached hydrogens (primary N) is 1. The van der Waals surface area contributed by atoms with Gasteiger partial charge in [0.15, 0.2) is 0 Å². The maximum Gasteiger partial charge on any atom is 0.123 e. The molecule has 0 spiro atoms. The highest BCUT2D eigenvalue weighted by molar-refractivity contribution is 5.54. The van der Waals surface area contributed by atoms with Crippen LogP contribution in [0.25, 0.3) is 0 Å². The van der Waals surface area contributed by atoms with Gasteiger partial charge in [-0.2, -0.15) is 0 Å². The first-order chi connectivity index (χ1) is 9.61. The number of hydrogen-bond acceptors (Lipinski definition) is 2. The second-order valence-corrected chi connectivity index (χ2v) is 5.06. The number of rotatable bonds is 5. The Labute approximate surface area is 120 Å². The van der Waals surface area contributed by atoms with E-state index in [1.807, 2.05) is 25.2 Å². The van der Waals surface area contributed by atoms with Gasteiger partial charge in [0, 0.05) is 25.3 Å². The van der Waals surface area contributed by atoms with Gasteiger partial charge < -0.3 is 10.6 Å². The lowest BCUT2D eigenvalue weighted by atomic mass is 10.0. The average Bonchev–Trinajstić information content (AvgIpc) is 2.46. The normalized spacial score (nSPS) is 12.2. The third kappa shape index (κ3) is 3.36. The lowest BCUT2D eigenvalue weighted by molar-refractivity contribution is 0.625. The van der Waals surface area contributed by atoms with Crippen molar-refractivity contribution in [2.24, 2.45) is 5.73 Å². The van der Waals surface area contributed by atoms with E-state index in [0.29, 0.717) is 6.54 Å². The molecule has 2 rings (SSSR count). The van der Waals surface area contributed by atoms with Crippen molar-refractivity contribution >= 4 is 5.69 Å². The van der Waals surface area contributed by atoms with Crippen LogP contribution in [0.5, 0.6) is 0 Å². The SMILES string of the molecule is CC[C@@H](N)c1ccccc1N(C)Cc1cccc(F)c1. The summed E-state index contributed by atoms with van der Waals surface area (Å²) in [6, 6.07) is 14.9. The van der Waals surface area contributed by atoms with Gasteiger partial charge in [-0.15, -0.1) is 0 Å². The molecule has 2 nitrogen and oxygen atoms in total. The van der Waals surface area contributed by atoms with Gasteiger partial charge in [-0.25, -0.2) is 4.39 Å². The third-order valence-electron chi connectivity index (χ3n) is 3.50. The van der Waals surface area contributed by atoms with Gasteiger partial charge in [-0.05, 0) is 35.7 Å². The molecular formula is C17H21FN2. The number of para-hydroxylation sites is 1. The zero-order valence-corrected chi connectivity index (χ0v) is 12.0. The molecule has 0 amide bonds. The Morgan fingerprint density at radius 1 is 1.15 bits per heavy atom. The third-order valence-corrected chi connectivity index (χ3v) is 3.50. The van der Waals surface area contributed by atoms with Crippen LogP contribution in [0.4, 0.5) is 10.1 Å². The predicted octanol–water partition coefficient (Wildman–Crippen LogP) is 3.87. The Kier molecular flexibility index (Phi) is 4.74. The minimum Gasteiger partial charge on any atom is -0.370 e. The van der Waals surface area contributed by atoms with Crippen molar-refractivity contribution in [3.8, 4) is 0 Å². The van der Waals surface area contributed by atoms with E-state index >= 15 is 0 Å². The molecule has 1 atom stereocenters. The van der Waals surface area contributed by atoms with Crippen molar-refractivity contribution in [2.75, 3.05) is 11.9 Å². The van der Waals surface area contributed by atoms with Crippen LogP contribution in [0.3, 0.4) is 0 Å². The second-order valence-electron chi connectivity index (χ2n) is 5.06. The number of hydrogen-bond donors (Lipinski definition) is 1.